The van der Waals surface area contributed by atoms with Gasteiger partial charge in [0.25, 0.3) is 5.91 Å². The summed E-state index contributed by atoms with van der Waals surface area (Å²) in [6.45, 7) is 10.1. The van der Waals surface area contributed by atoms with Crippen molar-refractivity contribution in [3.8, 4) is 5.88 Å². The van der Waals surface area contributed by atoms with Gasteiger partial charge in [-0.15, -0.1) is 0 Å². The van der Waals surface area contributed by atoms with Gasteiger partial charge in [-0.3, -0.25) is 14.6 Å². The Bertz CT molecular complexity index is 745. The van der Waals surface area contributed by atoms with Crippen molar-refractivity contribution in [1.82, 2.24) is 19.7 Å². The van der Waals surface area contributed by atoms with E-state index in [0.717, 1.165) is 69.1 Å². The molecule has 1 aromatic rings. The summed E-state index contributed by atoms with van der Waals surface area (Å²) in [5, 5.41) is 0. The summed E-state index contributed by atoms with van der Waals surface area (Å²) in [7, 11) is 3.90. The van der Waals surface area contributed by atoms with E-state index in [1.165, 1.54) is 0 Å². The Morgan fingerprint density at radius 2 is 2.04 bits per heavy atom. The monoisotopic (exact) mass is 388 g/mol. The predicted molar refractivity (Wildman–Crippen MR) is 106 cm³/mol. The van der Waals surface area contributed by atoms with Gasteiger partial charge in [0.1, 0.15) is 0 Å². The molecule has 3 aliphatic heterocycles. The molecule has 1 amide bonds. The quantitative estimate of drug-likeness (QED) is 0.783. The van der Waals surface area contributed by atoms with E-state index in [-0.39, 0.29) is 17.5 Å². The van der Waals surface area contributed by atoms with Crippen LogP contribution in [0.25, 0.3) is 0 Å². The van der Waals surface area contributed by atoms with Gasteiger partial charge in [0.05, 0.1) is 24.9 Å². The number of nitrogens with zero attached hydrogens (tertiary/aromatic N) is 4. The van der Waals surface area contributed by atoms with E-state index in [2.05, 4.69) is 16.8 Å². The normalized spacial score (nSPS) is 22.9. The number of ether oxygens (including phenoxy) is 2. The van der Waals surface area contributed by atoms with Crippen LogP contribution in [-0.4, -0.2) is 84.2 Å². The number of piperazine rings is 1. The van der Waals surface area contributed by atoms with Crippen molar-refractivity contribution >= 4 is 5.91 Å². The molecule has 0 bridgehead atoms. The van der Waals surface area contributed by atoms with Crippen molar-refractivity contribution in [3.05, 3.63) is 22.9 Å². The van der Waals surface area contributed by atoms with Gasteiger partial charge in [0.2, 0.25) is 5.88 Å². The molecule has 1 spiro atoms. The van der Waals surface area contributed by atoms with Gasteiger partial charge in [-0.2, -0.15) is 0 Å². The van der Waals surface area contributed by atoms with Crippen molar-refractivity contribution in [3.63, 3.8) is 0 Å². The topological polar surface area (TPSA) is 58.1 Å². The van der Waals surface area contributed by atoms with E-state index in [0.29, 0.717) is 12.4 Å². The molecule has 0 atom stereocenters. The summed E-state index contributed by atoms with van der Waals surface area (Å²) in [6.07, 6.45) is 2.14. The Labute approximate surface area is 167 Å². The van der Waals surface area contributed by atoms with Crippen molar-refractivity contribution in [2.24, 2.45) is 0 Å². The summed E-state index contributed by atoms with van der Waals surface area (Å²) in [5.41, 5.74) is 2.77. The molecule has 2 fully saturated rings. The average molecular weight is 389 g/mol. The highest BCUT2D eigenvalue weighted by Gasteiger charge is 2.41. The second kappa shape index (κ2) is 7.61. The molecule has 2 saturated heterocycles. The van der Waals surface area contributed by atoms with Crippen LogP contribution in [0.2, 0.25) is 0 Å². The van der Waals surface area contributed by atoms with E-state index < -0.39 is 0 Å². The van der Waals surface area contributed by atoms with Gasteiger partial charge in [-0.05, 0) is 39.8 Å². The fraction of sp³-hybridized carbons (Fsp3) is 0.714. The van der Waals surface area contributed by atoms with E-state index in [1.807, 2.05) is 24.8 Å². The minimum absolute atomic E-state index is 0.0840. The van der Waals surface area contributed by atoms with Gasteiger partial charge in [0.15, 0.2) is 0 Å². The lowest BCUT2D eigenvalue weighted by molar-refractivity contribution is -0.0626. The van der Waals surface area contributed by atoms with Crippen LogP contribution >= 0.6 is 0 Å². The maximum Gasteiger partial charge on any atom is 0.256 e. The molecular weight excluding hydrogens is 356 g/mol. The first kappa shape index (κ1) is 19.6. The zero-order valence-electron chi connectivity index (χ0n) is 17.5. The van der Waals surface area contributed by atoms with Gasteiger partial charge >= 0.3 is 0 Å². The van der Waals surface area contributed by atoms with Crippen LogP contribution in [-0.2, 0) is 17.8 Å². The van der Waals surface area contributed by atoms with Crippen molar-refractivity contribution in [1.29, 1.82) is 0 Å². The van der Waals surface area contributed by atoms with Gasteiger partial charge in [-0.1, -0.05) is 0 Å². The minimum atomic E-state index is 0.0840. The van der Waals surface area contributed by atoms with Crippen molar-refractivity contribution in [2.45, 2.75) is 51.4 Å². The van der Waals surface area contributed by atoms with Gasteiger partial charge in [0, 0.05) is 56.5 Å². The highest BCUT2D eigenvalue weighted by molar-refractivity contribution is 5.98. The highest BCUT2D eigenvalue weighted by atomic mass is 16.5. The molecule has 3 aliphatic rings. The van der Waals surface area contributed by atoms with Crippen LogP contribution in [0.4, 0.5) is 0 Å². The van der Waals surface area contributed by atoms with E-state index in [1.54, 1.807) is 7.11 Å². The molecule has 0 unspecified atom stereocenters. The van der Waals surface area contributed by atoms with E-state index in [9.17, 15) is 4.79 Å². The third-order valence-electron chi connectivity index (χ3n) is 6.67. The fourth-order valence-corrected chi connectivity index (χ4v) is 4.79. The molecule has 154 valence electrons. The van der Waals surface area contributed by atoms with Gasteiger partial charge in [-0.25, -0.2) is 4.98 Å². The highest BCUT2D eigenvalue weighted by Crippen LogP contribution is 2.33. The summed E-state index contributed by atoms with van der Waals surface area (Å²) >= 11 is 0. The number of aromatic nitrogens is 1. The number of pyridine rings is 1. The first-order valence-electron chi connectivity index (χ1n) is 10.3. The summed E-state index contributed by atoms with van der Waals surface area (Å²) in [6, 6.07) is 2.18. The number of rotatable bonds is 4. The standard InChI is InChI=1S/C21H32N4O3/c1-15(2)25-13-18-17(20(25)26)11-16(19(22-18)27-4)12-24-8-7-23(3)21(14-24)5-9-28-10-6-21/h11,15H,5-10,12-14H2,1-4H3. The molecular formula is C21H32N4O3. The molecule has 28 heavy (non-hydrogen) atoms. The van der Waals surface area contributed by atoms with Crippen LogP contribution < -0.4 is 4.74 Å². The fourth-order valence-electron chi connectivity index (χ4n) is 4.79. The Balaban J connectivity index is 1.56. The first-order chi connectivity index (χ1) is 13.4. The van der Waals surface area contributed by atoms with Crippen LogP contribution in [0.5, 0.6) is 5.88 Å². The smallest absolute Gasteiger partial charge is 0.256 e. The average Bonchev–Trinajstić information content (AvgIpc) is 3.01. The minimum Gasteiger partial charge on any atom is -0.481 e. The number of methoxy groups -OCH3 is 1. The van der Waals surface area contributed by atoms with Crippen LogP contribution in [0.1, 0.15) is 48.3 Å². The van der Waals surface area contributed by atoms with Gasteiger partial charge < -0.3 is 14.4 Å². The third-order valence-corrected chi connectivity index (χ3v) is 6.67. The number of hydrogen-bond donors (Lipinski definition) is 0. The number of fused-ring (bicyclic) bond motifs is 1. The molecule has 0 aromatic carbocycles. The molecule has 0 N–H and O–H groups in total. The number of hydrogen-bond acceptors (Lipinski definition) is 6. The summed E-state index contributed by atoms with van der Waals surface area (Å²) < 4.78 is 11.2. The van der Waals surface area contributed by atoms with Crippen molar-refractivity contribution in [2.75, 3.05) is 47.0 Å². The lowest BCUT2D eigenvalue weighted by Gasteiger charge is -2.51. The van der Waals surface area contributed by atoms with E-state index in [4.69, 9.17) is 14.5 Å². The molecule has 0 saturated carbocycles. The van der Waals surface area contributed by atoms with Crippen molar-refractivity contribution < 1.29 is 14.3 Å². The molecule has 1 aromatic heterocycles. The van der Waals surface area contributed by atoms with Crippen LogP contribution in [0.3, 0.4) is 0 Å². The predicted octanol–water partition coefficient (Wildman–Crippen LogP) is 1.75. The van der Waals surface area contributed by atoms with Crippen LogP contribution in [0.15, 0.2) is 6.07 Å². The molecule has 7 heteroatoms. The lowest BCUT2D eigenvalue weighted by Crippen LogP contribution is -2.62. The Kier molecular flexibility index (Phi) is 5.33. The molecule has 4 heterocycles. The second-order valence-electron chi connectivity index (χ2n) is 8.65. The molecule has 0 aliphatic carbocycles. The third kappa shape index (κ3) is 3.40. The largest absolute Gasteiger partial charge is 0.481 e. The number of amides is 1. The Morgan fingerprint density at radius 1 is 1.29 bits per heavy atom. The SMILES string of the molecule is COc1nc2c(cc1CN1CCN(C)C3(CCOCC3)C1)C(=O)N(C(C)C)C2. The number of carbonyl (C=O) groups is 1. The Morgan fingerprint density at radius 3 is 2.71 bits per heavy atom. The Hall–Kier alpha value is -1.70. The zero-order valence-corrected chi connectivity index (χ0v) is 17.5. The molecule has 0 radical (unpaired) electrons. The second-order valence-corrected chi connectivity index (χ2v) is 8.65. The molecule has 4 rings (SSSR count). The summed E-state index contributed by atoms with van der Waals surface area (Å²) in [5.74, 6) is 0.734. The zero-order chi connectivity index (χ0) is 19.9. The number of carbonyl (C=O) groups excluding carboxylic acids is 1. The maximum atomic E-state index is 12.8. The first-order valence-corrected chi connectivity index (χ1v) is 10.3. The summed E-state index contributed by atoms with van der Waals surface area (Å²) in [4.78, 5) is 24.3. The lowest BCUT2D eigenvalue weighted by atomic mass is 9.86. The molecule has 7 nitrogen and oxygen atoms in total. The maximum absolute atomic E-state index is 12.8. The number of likely N-dealkylation sites (N-methyl/N-ethyl adjacent to an activating group) is 1. The van der Waals surface area contributed by atoms with E-state index >= 15 is 0 Å². The van der Waals surface area contributed by atoms with Crippen LogP contribution in [0, 0.1) is 0 Å².